The molecule has 1 aliphatic rings. The van der Waals surface area contributed by atoms with Crippen LogP contribution in [0.25, 0.3) is 16.6 Å². The zero-order valence-corrected chi connectivity index (χ0v) is 17.1. The summed E-state index contributed by atoms with van der Waals surface area (Å²) in [6, 6.07) is 14.0. The molecule has 0 N–H and O–H groups in total. The van der Waals surface area contributed by atoms with Crippen LogP contribution in [0.4, 0.5) is 14.9 Å². The van der Waals surface area contributed by atoms with Gasteiger partial charge in [-0.3, -0.25) is 4.90 Å². The molecule has 0 bridgehead atoms. The van der Waals surface area contributed by atoms with Crippen LogP contribution in [0.2, 0.25) is 0 Å². The molecule has 0 spiro atoms. The Hall–Kier alpha value is -3.24. The van der Waals surface area contributed by atoms with E-state index >= 15 is 0 Å². The summed E-state index contributed by atoms with van der Waals surface area (Å²) in [5.41, 5.74) is 1.44. The summed E-state index contributed by atoms with van der Waals surface area (Å²) < 4.78 is 42.4. The van der Waals surface area contributed by atoms with E-state index in [2.05, 4.69) is 5.10 Å². The van der Waals surface area contributed by atoms with Crippen molar-refractivity contribution < 1.29 is 17.6 Å². The zero-order valence-electron chi connectivity index (χ0n) is 15.5. The van der Waals surface area contributed by atoms with Crippen LogP contribution in [-0.4, -0.2) is 41.6 Å². The highest BCUT2D eigenvalue weighted by atomic mass is 32.2. The summed E-state index contributed by atoms with van der Waals surface area (Å²) in [6.07, 6.45) is 1.56. The van der Waals surface area contributed by atoms with Crippen molar-refractivity contribution in [3.63, 3.8) is 0 Å². The smallest absolute Gasteiger partial charge is 0.291 e. The van der Waals surface area contributed by atoms with Gasteiger partial charge in [-0.1, -0.05) is 24.3 Å². The summed E-state index contributed by atoms with van der Waals surface area (Å²) >= 11 is 1.07. The molecular formula is C20H15FN4O3S2. The molecule has 1 aliphatic heterocycles. The number of hydrogen-bond donors (Lipinski definition) is 0. The van der Waals surface area contributed by atoms with Crippen LogP contribution >= 0.6 is 11.3 Å². The minimum Gasteiger partial charge on any atom is -0.291 e. The number of benzene rings is 2. The number of hydrogen-bond acceptors (Lipinski definition) is 5. The van der Waals surface area contributed by atoms with E-state index < -0.39 is 21.9 Å². The number of rotatable bonds is 4. The molecule has 1 saturated heterocycles. The number of carbonyl (C=O) groups excluding carboxylic acids is 1. The van der Waals surface area contributed by atoms with Gasteiger partial charge in [-0.2, -0.15) is 5.10 Å². The second-order valence-electron chi connectivity index (χ2n) is 6.66. The lowest BCUT2D eigenvalue weighted by molar-refractivity contribution is 0.239. The molecule has 2 aromatic carbocycles. The number of para-hydroxylation sites is 1. The monoisotopic (exact) mass is 442 g/mol. The molecule has 4 aromatic rings. The highest BCUT2D eigenvalue weighted by Gasteiger charge is 2.39. The van der Waals surface area contributed by atoms with Crippen molar-refractivity contribution in [2.75, 3.05) is 18.0 Å². The Balaban J connectivity index is 1.55. The van der Waals surface area contributed by atoms with Crippen LogP contribution in [0.15, 0.2) is 70.4 Å². The van der Waals surface area contributed by atoms with Gasteiger partial charge in [0.05, 0.1) is 23.9 Å². The fourth-order valence-electron chi connectivity index (χ4n) is 3.57. The van der Waals surface area contributed by atoms with Crippen LogP contribution in [0, 0.1) is 5.82 Å². The first-order chi connectivity index (χ1) is 14.5. The SMILES string of the molecule is O=C1N(c2cccc3c2cnn3-c2ccccc2F)CCN1S(=O)(=O)c1cccs1. The first-order valence-electron chi connectivity index (χ1n) is 9.08. The largest absolute Gasteiger partial charge is 0.338 e. The van der Waals surface area contributed by atoms with E-state index in [4.69, 9.17) is 0 Å². The Bertz CT molecular complexity index is 1370. The Labute approximate surface area is 175 Å². The van der Waals surface area contributed by atoms with E-state index in [-0.39, 0.29) is 17.3 Å². The standard InChI is InChI=1S/C20H15FN4O3S2/c21-15-5-1-2-6-18(15)25-17-8-3-7-16(14(17)13-22-25)23-10-11-24(20(23)26)30(27,28)19-9-4-12-29-19/h1-9,12-13H,10-11H2. The van der Waals surface area contributed by atoms with Crippen molar-refractivity contribution in [1.82, 2.24) is 14.1 Å². The molecule has 1 fully saturated rings. The van der Waals surface area contributed by atoms with E-state index in [9.17, 15) is 17.6 Å². The van der Waals surface area contributed by atoms with Crippen LogP contribution in [0.3, 0.4) is 0 Å². The number of fused-ring (bicyclic) bond motifs is 1. The van der Waals surface area contributed by atoms with Gasteiger partial charge >= 0.3 is 6.03 Å². The maximum absolute atomic E-state index is 14.3. The number of carbonyl (C=O) groups is 1. The molecule has 10 heteroatoms. The number of urea groups is 1. The first kappa shape index (κ1) is 18.8. The third-order valence-corrected chi connectivity index (χ3v) is 8.12. The summed E-state index contributed by atoms with van der Waals surface area (Å²) in [6.45, 7) is 0.268. The molecule has 3 heterocycles. The minimum absolute atomic E-state index is 0.0525. The van der Waals surface area contributed by atoms with E-state index in [1.54, 1.807) is 54.0 Å². The third kappa shape index (κ3) is 2.79. The molecule has 2 aromatic heterocycles. The fourth-order valence-corrected chi connectivity index (χ4v) is 6.03. The number of thiophene rings is 1. The molecule has 2 amide bonds. The normalized spacial score (nSPS) is 14.8. The quantitative estimate of drug-likeness (QED) is 0.481. The number of nitrogens with zero attached hydrogens (tertiary/aromatic N) is 4. The van der Waals surface area contributed by atoms with Crippen molar-refractivity contribution >= 4 is 44.0 Å². The molecule has 0 atom stereocenters. The van der Waals surface area contributed by atoms with Gasteiger partial charge in [0.1, 0.15) is 15.7 Å². The number of amides is 2. The molecular weight excluding hydrogens is 427 g/mol. The molecule has 0 saturated carbocycles. The predicted octanol–water partition coefficient (Wildman–Crippen LogP) is 3.86. The lowest BCUT2D eigenvalue weighted by Crippen LogP contribution is -2.36. The Morgan fingerprint density at radius 3 is 2.53 bits per heavy atom. The number of halogens is 1. The highest BCUT2D eigenvalue weighted by Crippen LogP contribution is 2.33. The minimum atomic E-state index is -3.89. The lowest BCUT2D eigenvalue weighted by atomic mass is 10.2. The van der Waals surface area contributed by atoms with Gasteiger partial charge < -0.3 is 0 Å². The molecule has 30 heavy (non-hydrogen) atoms. The Morgan fingerprint density at radius 1 is 0.967 bits per heavy atom. The second-order valence-corrected chi connectivity index (χ2v) is 9.70. The van der Waals surface area contributed by atoms with Crippen LogP contribution in [0.1, 0.15) is 0 Å². The Kier molecular flexibility index (Phi) is 4.33. The van der Waals surface area contributed by atoms with E-state index in [0.29, 0.717) is 22.3 Å². The summed E-state index contributed by atoms with van der Waals surface area (Å²) in [7, 11) is -3.89. The summed E-state index contributed by atoms with van der Waals surface area (Å²) in [5.74, 6) is -0.418. The summed E-state index contributed by atoms with van der Waals surface area (Å²) in [4.78, 5) is 14.4. The van der Waals surface area contributed by atoms with Gasteiger partial charge in [-0.15, -0.1) is 11.3 Å². The third-order valence-electron chi connectivity index (χ3n) is 4.97. The highest BCUT2D eigenvalue weighted by molar-refractivity contribution is 7.91. The molecule has 0 aliphatic carbocycles. The number of anilines is 1. The van der Waals surface area contributed by atoms with Gasteiger partial charge in [-0.25, -0.2) is 26.6 Å². The van der Waals surface area contributed by atoms with Crippen LogP contribution in [-0.2, 0) is 10.0 Å². The van der Waals surface area contributed by atoms with Gasteiger partial charge in [-0.05, 0) is 35.7 Å². The molecule has 152 valence electrons. The molecule has 7 nitrogen and oxygen atoms in total. The fraction of sp³-hybridized carbons (Fsp3) is 0.100. The summed E-state index contributed by atoms with van der Waals surface area (Å²) in [5, 5.41) is 6.59. The van der Waals surface area contributed by atoms with Gasteiger partial charge in [0.15, 0.2) is 0 Å². The van der Waals surface area contributed by atoms with Gasteiger partial charge in [0.25, 0.3) is 10.0 Å². The van der Waals surface area contributed by atoms with Crippen molar-refractivity contribution in [1.29, 1.82) is 0 Å². The van der Waals surface area contributed by atoms with Crippen molar-refractivity contribution in [3.8, 4) is 5.69 Å². The number of sulfonamides is 1. The van der Waals surface area contributed by atoms with E-state index in [1.165, 1.54) is 21.7 Å². The predicted molar refractivity (Wildman–Crippen MR) is 112 cm³/mol. The Morgan fingerprint density at radius 2 is 1.77 bits per heavy atom. The number of aromatic nitrogens is 2. The van der Waals surface area contributed by atoms with Crippen LogP contribution in [0.5, 0.6) is 0 Å². The lowest BCUT2D eigenvalue weighted by Gasteiger charge is -2.19. The van der Waals surface area contributed by atoms with Crippen molar-refractivity contribution in [2.24, 2.45) is 0 Å². The zero-order chi connectivity index (χ0) is 20.9. The molecule has 0 radical (unpaired) electrons. The second kappa shape index (κ2) is 6.92. The average Bonchev–Trinajstić information content (AvgIpc) is 3.48. The van der Waals surface area contributed by atoms with Gasteiger partial charge in [0, 0.05) is 11.9 Å². The first-order valence-corrected chi connectivity index (χ1v) is 11.4. The van der Waals surface area contributed by atoms with E-state index in [1.807, 2.05) is 0 Å². The van der Waals surface area contributed by atoms with Crippen LogP contribution < -0.4 is 4.90 Å². The maximum atomic E-state index is 14.3. The average molecular weight is 442 g/mol. The van der Waals surface area contributed by atoms with Crippen molar-refractivity contribution in [2.45, 2.75) is 4.21 Å². The van der Waals surface area contributed by atoms with E-state index in [0.717, 1.165) is 15.6 Å². The maximum Gasteiger partial charge on any atom is 0.338 e. The molecule has 5 rings (SSSR count). The van der Waals surface area contributed by atoms with Crippen molar-refractivity contribution in [3.05, 3.63) is 72.0 Å². The topological polar surface area (TPSA) is 75.5 Å². The van der Waals surface area contributed by atoms with Gasteiger partial charge in [0.2, 0.25) is 0 Å². The molecule has 0 unspecified atom stereocenters.